The van der Waals surface area contributed by atoms with Crippen LogP contribution in [0.4, 0.5) is 0 Å². The zero-order valence-electron chi connectivity index (χ0n) is 6.95. The average molecular weight is 173 g/mol. The van der Waals surface area contributed by atoms with Crippen molar-refractivity contribution in [3.8, 4) is 0 Å². The van der Waals surface area contributed by atoms with Gasteiger partial charge in [0.05, 0.1) is 6.10 Å². The molecule has 0 aliphatic carbocycles. The molecule has 0 radical (unpaired) electrons. The van der Waals surface area contributed by atoms with Crippen molar-refractivity contribution < 1.29 is 4.74 Å². The van der Waals surface area contributed by atoms with Crippen LogP contribution in [0.15, 0.2) is 0 Å². The van der Waals surface area contributed by atoms with Crippen molar-refractivity contribution in [3.63, 3.8) is 0 Å². The van der Waals surface area contributed by atoms with E-state index in [1.54, 1.807) is 0 Å². The SMILES string of the molecule is CSN1CCC2OCCC2C1. The molecule has 2 atom stereocenters. The number of fused-ring (bicyclic) bond motifs is 1. The minimum absolute atomic E-state index is 0.596. The third kappa shape index (κ3) is 1.55. The van der Waals surface area contributed by atoms with Gasteiger partial charge in [-0.3, -0.25) is 4.31 Å². The van der Waals surface area contributed by atoms with E-state index in [-0.39, 0.29) is 0 Å². The van der Waals surface area contributed by atoms with Gasteiger partial charge in [0.15, 0.2) is 0 Å². The van der Waals surface area contributed by atoms with Crippen molar-refractivity contribution >= 4 is 11.9 Å². The van der Waals surface area contributed by atoms with Gasteiger partial charge in [0.2, 0.25) is 0 Å². The van der Waals surface area contributed by atoms with Gasteiger partial charge >= 0.3 is 0 Å². The maximum Gasteiger partial charge on any atom is 0.0629 e. The summed E-state index contributed by atoms with van der Waals surface area (Å²) in [7, 11) is 0. The zero-order chi connectivity index (χ0) is 7.68. The molecule has 0 aromatic carbocycles. The summed E-state index contributed by atoms with van der Waals surface area (Å²) in [6.45, 7) is 3.45. The van der Waals surface area contributed by atoms with E-state index in [1.165, 1.54) is 25.9 Å². The predicted octanol–water partition coefficient (Wildman–Crippen LogP) is 1.38. The van der Waals surface area contributed by atoms with Crippen LogP contribution in [0.2, 0.25) is 0 Å². The normalized spacial score (nSPS) is 39.0. The smallest absolute Gasteiger partial charge is 0.0629 e. The molecule has 0 N–H and O–H groups in total. The molecule has 3 heteroatoms. The summed E-state index contributed by atoms with van der Waals surface area (Å²) in [5, 5.41) is 0. The van der Waals surface area contributed by atoms with Crippen molar-refractivity contribution in [2.24, 2.45) is 5.92 Å². The van der Waals surface area contributed by atoms with Crippen molar-refractivity contribution in [2.45, 2.75) is 18.9 Å². The molecular weight excluding hydrogens is 158 g/mol. The second kappa shape index (κ2) is 3.33. The summed E-state index contributed by atoms with van der Waals surface area (Å²) in [6, 6.07) is 0. The molecule has 0 saturated carbocycles. The minimum Gasteiger partial charge on any atom is -0.378 e. The quantitative estimate of drug-likeness (QED) is 0.556. The molecule has 64 valence electrons. The molecule has 2 heterocycles. The number of hydrogen-bond acceptors (Lipinski definition) is 3. The lowest BCUT2D eigenvalue weighted by atomic mass is 9.96. The summed E-state index contributed by atoms with van der Waals surface area (Å²) in [6.07, 6.45) is 5.28. The summed E-state index contributed by atoms with van der Waals surface area (Å²) in [5.41, 5.74) is 0. The maximum atomic E-state index is 5.61. The van der Waals surface area contributed by atoms with Gasteiger partial charge in [0.25, 0.3) is 0 Å². The number of nitrogens with zero attached hydrogens (tertiary/aromatic N) is 1. The van der Waals surface area contributed by atoms with Crippen LogP contribution < -0.4 is 0 Å². The van der Waals surface area contributed by atoms with Crippen LogP contribution in [0.1, 0.15) is 12.8 Å². The van der Waals surface area contributed by atoms with E-state index in [0.29, 0.717) is 6.10 Å². The predicted molar refractivity (Wildman–Crippen MR) is 47.6 cm³/mol. The fourth-order valence-electron chi connectivity index (χ4n) is 2.01. The van der Waals surface area contributed by atoms with Crippen LogP contribution in [-0.2, 0) is 4.74 Å². The van der Waals surface area contributed by atoms with Crippen molar-refractivity contribution in [1.82, 2.24) is 4.31 Å². The van der Waals surface area contributed by atoms with Crippen LogP contribution in [0.3, 0.4) is 0 Å². The molecule has 2 saturated heterocycles. The second-order valence-electron chi connectivity index (χ2n) is 3.32. The lowest BCUT2D eigenvalue weighted by molar-refractivity contribution is 0.0576. The third-order valence-corrected chi connectivity index (χ3v) is 3.55. The van der Waals surface area contributed by atoms with Crippen LogP contribution in [0.25, 0.3) is 0 Å². The summed E-state index contributed by atoms with van der Waals surface area (Å²) >= 11 is 1.87. The molecule has 2 nitrogen and oxygen atoms in total. The molecule has 2 aliphatic heterocycles. The highest BCUT2D eigenvalue weighted by Gasteiger charge is 2.33. The van der Waals surface area contributed by atoms with E-state index in [9.17, 15) is 0 Å². The van der Waals surface area contributed by atoms with Gasteiger partial charge in [-0.1, -0.05) is 11.9 Å². The first kappa shape index (κ1) is 7.90. The molecular formula is C8H15NOS. The Balaban J connectivity index is 1.91. The van der Waals surface area contributed by atoms with Gasteiger partial charge in [-0.25, -0.2) is 0 Å². The molecule has 2 fully saturated rings. The van der Waals surface area contributed by atoms with Crippen molar-refractivity contribution in [2.75, 3.05) is 26.0 Å². The Morgan fingerprint density at radius 1 is 1.45 bits per heavy atom. The zero-order valence-corrected chi connectivity index (χ0v) is 7.77. The Bertz CT molecular complexity index is 142. The minimum atomic E-state index is 0.596. The summed E-state index contributed by atoms with van der Waals surface area (Å²) < 4.78 is 8.07. The standard InChI is InChI=1S/C8H15NOS/c1-11-9-4-2-8-7(6-9)3-5-10-8/h7-8H,2-6H2,1H3. The lowest BCUT2D eigenvalue weighted by Crippen LogP contribution is -2.37. The van der Waals surface area contributed by atoms with Gasteiger partial charge in [-0.05, 0) is 19.1 Å². The lowest BCUT2D eigenvalue weighted by Gasteiger charge is -2.32. The second-order valence-corrected chi connectivity index (χ2v) is 4.20. The Morgan fingerprint density at radius 2 is 2.36 bits per heavy atom. The Kier molecular flexibility index (Phi) is 2.39. The fourth-order valence-corrected chi connectivity index (χ4v) is 2.64. The largest absolute Gasteiger partial charge is 0.378 e. The molecule has 0 bridgehead atoms. The van der Waals surface area contributed by atoms with Crippen LogP contribution >= 0.6 is 11.9 Å². The first-order chi connectivity index (χ1) is 5.40. The monoisotopic (exact) mass is 173 g/mol. The summed E-state index contributed by atoms with van der Waals surface area (Å²) in [5.74, 6) is 0.830. The Hall–Kier alpha value is 0.270. The van der Waals surface area contributed by atoms with E-state index >= 15 is 0 Å². The molecule has 2 unspecified atom stereocenters. The molecule has 0 spiro atoms. The third-order valence-electron chi connectivity index (χ3n) is 2.71. The molecule has 0 aromatic rings. The molecule has 2 aliphatic rings. The highest BCUT2D eigenvalue weighted by Crippen LogP contribution is 2.30. The van der Waals surface area contributed by atoms with Crippen LogP contribution in [0, 0.1) is 5.92 Å². The van der Waals surface area contributed by atoms with Crippen molar-refractivity contribution in [3.05, 3.63) is 0 Å². The fraction of sp³-hybridized carbons (Fsp3) is 1.00. The first-order valence-corrected chi connectivity index (χ1v) is 5.49. The van der Waals surface area contributed by atoms with E-state index in [4.69, 9.17) is 4.74 Å². The van der Waals surface area contributed by atoms with Gasteiger partial charge < -0.3 is 4.74 Å². The molecule has 11 heavy (non-hydrogen) atoms. The first-order valence-electron chi connectivity index (χ1n) is 4.31. The highest BCUT2D eigenvalue weighted by molar-refractivity contribution is 7.96. The Labute approximate surface area is 72.4 Å². The number of rotatable bonds is 1. The molecule has 2 rings (SSSR count). The van der Waals surface area contributed by atoms with E-state index in [1.807, 2.05) is 11.9 Å². The van der Waals surface area contributed by atoms with Crippen molar-refractivity contribution in [1.29, 1.82) is 0 Å². The highest BCUT2D eigenvalue weighted by atomic mass is 32.2. The number of piperidine rings is 1. The van der Waals surface area contributed by atoms with Gasteiger partial charge in [0.1, 0.15) is 0 Å². The van der Waals surface area contributed by atoms with Gasteiger partial charge in [-0.15, -0.1) is 0 Å². The average Bonchev–Trinajstić information content (AvgIpc) is 2.50. The van der Waals surface area contributed by atoms with E-state index in [0.717, 1.165) is 12.5 Å². The van der Waals surface area contributed by atoms with Gasteiger partial charge in [-0.2, -0.15) is 0 Å². The van der Waals surface area contributed by atoms with Crippen LogP contribution in [0.5, 0.6) is 0 Å². The van der Waals surface area contributed by atoms with Crippen LogP contribution in [-0.4, -0.2) is 36.4 Å². The maximum absolute atomic E-state index is 5.61. The molecule has 0 amide bonds. The van der Waals surface area contributed by atoms with Gasteiger partial charge in [0, 0.05) is 25.6 Å². The summed E-state index contributed by atoms with van der Waals surface area (Å²) in [4.78, 5) is 0. The van der Waals surface area contributed by atoms with E-state index in [2.05, 4.69) is 10.6 Å². The number of hydrogen-bond donors (Lipinski definition) is 0. The number of ether oxygens (including phenoxy) is 1. The molecule has 0 aromatic heterocycles. The Morgan fingerprint density at radius 3 is 3.18 bits per heavy atom. The van der Waals surface area contributed by atoms with E-state index < -0.39 is 0 Å². The topological polar surface area (TPSA) is 12.5 Å².